The molecular weight excluding hydrogens is 264 g/mol. The molecular formula is C17H18N2O2. The number of hydrogen-bond acceptors (Lipinski definition) is 4. The molecule has 0 saturated carbocycles. The first-order valence-electron chi connectivity index (χ1n) is 7.06. The minimum Gasteiger partial charge on any atom is -0.481 e. The third kappa shape index (κ3) is 2.75. The van der Waals surface area contributed by atoms with Crippen molar-refractivity contribution in [2.45, 2.75) is 19.9 Å². The lowest BCUT2D eigenvalue weighted by molar-refractivity contribution is 0.101. The fraction of sp³-hybridized carbons (Fsp3) is 0.294. The second kappa shape index (κ2) is 5.56. The normalized spacial score (nSPS) is 13.1. The molecule has 0 fully saturated rings. The van der Waals surface area contributed by atoms with Gasteiger partial charge in [0.25, 0.3) is 0 Å². The number of pyridine rings is 1. The Morgan fingerprint density at radius 3 is 2.95 bits per heavy atom. The first kappa shape index (κ1) is 13.6. The number of ketones is 1. The summed E-state index contributed by atoms with van der Waals surface area (Å²) in [7, 11) is 1.63. The molecule has 0 saturated heterocycles. The van der Waals surface area contributed by atoms with Crippen LogP contribution in [0.25, 0.3) is 0 Å². The third-order valence-corrected chi connectivity index (χ3v) is 3.82. The van der Waals surface area contributed by atoms with Crippen LogP contribution in [0, 0.1) is 0 Å². The Morgan fingerprint density at radius 2 is 2.19 bits per heavy atom. The molecule has 0 N–H and O–H groups in total. The molecule has 0 bridgehead atoms. The smallest absolute Gasteiger partial charge is 0.213 e. The maximum absolute atomic E-state index is 11.5. The summed E-state index contributed by atoms with van der Waals surface area (Å²) in [4.78, 5) is 18.2. The van der Waals surface area contributed by atoms with E-state index in [0.29, 0.717) is 5.88 Å². The zero-order chi connectivity index (χ0) is 14.8. The van der Waals surface area contributed by atoms with Gasteiger partial charge in [-0.2, -0.15) is 0 Å². The van der Waals surface area contributed by atoms with Crippen LogP contribution in [-0.4, -0.2) is 24.4 Å². The summed E-state index contributed by atoms with van der Waals surface area (Å²) in [6.07, 6.45) is 0.973. The molecule has 1 aromatic carbocycles. The molecule has 3 rings (SSSR count). The largest absolute Gasteiger partial charge is 0.481 e. The van der Waals surface area contributed by atoms with Crippen LogP contribution in [0.3, 0.4) is 0 Å². The van der Waals surface area contributed by atoms with Crippen molar-refractivity contribution in [3.8, 4) is 5.88 Å². The number of anilines is 1. The van der Waals surface area contributed by atoms with E-state index in [0.717, 1.165) is 30.8 Å². The number of carbonyl (C=O) groups excluding carboxylic acids is 1. The number of rotatable bonds is 4. The highest BCUT2D eigenvalue weighted by Crippen LogP contribution is 2.30. The number of fused-ring (bicyclic) bond motifs is 1. The van der Waals surface area contributed by atoms with Gasteiger partial charge in [0.05, 0.1) is 19.3 Å². The quantitative estimate of drug-likeness (QED) is 0.809. The van der Waals surface area contributed by atoms with Gasteiger partial charge in [-0.05, 0) is 43.2 Å². The van der Waals surface area contributed by atoms with E-state index in [9.17, 15) is 4.79 Å². The fourth-order valence-corrected chi connectivity index (χ4v) is 2.71. The highest BCUT2D eigenvalue weighted by molar-refractivity contribution is 5.94. The lowest BCUT2D eigenvalue weighted by Crippen LogP contribution is -2.20. The summed E-state index contributed by atoms with van der Waals surface area (Å²) in [5.41, 5.74) is 4.21. The van der Waals surface area contributed by atoms with Crippen molar-refractivity contribution in [3.63, 3.8) is 0 Å². The second-order valence-corrected chi connectivity index (χ2v) is 5.24. The Balaban J connectivity index is 1.82. The molecule has 2 aromatic rings. The molecule has 1 aliphatic heterocycles. The maximum atomic E-state index is 11.5. The minimum absolute atomic E-state index is 0.116. The van der Waals surface area contributed by atoms with Gasteiger partial charge in [0.2, 0.25) is 5.88 Å². The standard InChI is InChI=1S/C17H18N2O2/c1-12(20)13-6-7-16-14(10-13)8-9-19(16)11-15-4-3-5-17(18-15)21-2/h3-7,10H,8-9,11H2,1-2H3. The maximum Gasteiger partial charge on any atom is 0.213 e. The number of carbonyl (C=O) groups is 1. The number of hydrogen-bond donors (Lipinski definition) is 0. The summed E-state index contributed by atoms with van der Waals surface area (Å²) in [5.74, 6) is 0.754. The molecule has 0 atom stereocenters. The third-order valence-electron chi connectivity index (χ3n) is 3.82. The van der Waals surface area contributed by atoms with Gasteiger partial charge in [-0.1, -0.05) is 6.07 Å². The first-order valence-corrected chi connectivity index (χ1v) is 7.06. The number of benzene rings is 1. The van der Waals surface area contributed by atoms with Crippen molar-refractivity contribution in [1.82, 2.24) is 4.98 Å². The van der Waals surface area contributed by atoms with Gasteiger partial charge in [-0.25, -0.2) is 4.98 Å². The molecule has 1 aromatic heterocycles. The number of methoxy groups -OCH3 is 1. The molecule has 0 radical (unpaired) electrons. The van der Waals surface area contributed by atoms with E-state index in [1.807, 2.05) is 36.4 Å². The monoisotopic (exact) mass is 282 g/mol. The van der Waals surface area contributed by atoms with Crippen LogP contribution in [0.1, 0.15) is 28.5 Å². The molecule has 4 nitrogen and oxygen atoms in total. The number of nitrogens with zero attached hydrogens (tertiary/aromatic N) is 2. The van der Waals surface area contributed by atoms with Crippen molar-refractivity contribution in [1.29, 1.82) is 0 Å². The molecule has 0 spiro atoms. The molecule has 0 unspecified atom stereocenters. The number of ether oxygens (including phenoxy) is 1. The van der Waals surface area contributed by atoms with Crippen LogP contribution in [0.2, 0.25) is 0 Å². The van der Waals surface area contributed by atoms with Crippen LogP contribution in [0.4, 0.5) is 5.69 Å². The van der Waals surface area contributed by atoms with Gasteiger partial charge in [-0.3, -0.25) is 4.79 Å². The van der Waals surface area contributed by atoms with Crippen molar-refractivity contribution in [3.05, 3.63) is 53.2 Å². The van der Waals surface area contributed by atoms with Gasteiger partial charge < -0.3 is 9.64 Å². The topological polar surface area (TPSA) is 42.4 Å². The van der Waals surface area contributed by atoms with Crippen molar-refractivity contribution >= 4 is 11.5 Å². The first-order chi connectivity index (χ1) is 10.2. The molecule has 108 valence electrons. The SMILES string of the molecule is COc1cccc(CN2CCc3cc(C(C)=O)ccc32)n1. The van der Waals surface area contributed by atoms with Gasteiger partial charge in [0.15, 0.2) is 5.78 Å². The summed E-state index contributed by atoms with van der Waals surface area (Å²) >= 11 is 0. The van der Waals surface area contributed by atoms with Crippen LogP contribution in [-0.2, 0) is 13.0 Å². The lowest BCUT2D eigenvalue weighted by atomic mass is 10.1. The molecule has 2 heterocycles. The van der Waals surface area contributed by atoms with Gasteiger partial charge in [0, 0.05) is 23.9 Å². The minimum atomic E-state index is 0.116. The van der Waals surface area contributed by atoms with E-state index in [-0.39, 0.29) is 5.78 Å². The average Bonchev–Trinajstić information content (AvgIpc) is 2.90. The number of Topliss-reactive ketones (excluding diaryl/α,β-unsaturated/α-hetero) is 1. The van der Waals surface area contributed by atoms with E-state index in [1.54, 1.807) is 14.0 Å². The highest BCUT2D eigenvalue weighted by atomic mass is 16.5. The summed E-state index contributed by atoms with van der Waals surface area (Å²) in [6, 6.07) is 11.8. The average molecular weight is 282 g/mol. The molecule has 1 aliphatic rings. The molecule has 4 heteroatoms. The Morgan fingerprint density at radius 1 is 1.33 bits per heavy atom. The zero-order valence-corrected chi connectivity index (χ0v) is 12.3. The van der Waals surface area contributed by atoms with Crippen LogP contribution in [0.15, 0.2) is 36.4 Å². The summed E-state index contributed by atoms with van der Waals surface area (Å²) < 4.78 is 5.16. The Bertz CT molecular complexity index is 682. The Labute approximate surface area is 124 Å². The summed E-state index contributed by atoms with van der Waals surface area (Å²) in [6.45, 7) is 3.31. The van der Waals surface area contributed by atoms with Gasteiger partial charge >= 0.3 is 0 Å². The predicted octanol–water partition coefficient (Wildman–Crippen LogP) is 2.86. The lowest BCUT2D eigenvalue weighted by Gasteiger charge is -2.19. The summed E-state index contributed by atoms with van der Waals surface area (Å²) in [5, 5.41) is 0. The van der Waals surface area contributed by atoms with Crippen LogP contribution < -0.4 is 9.64 Å². The Hall–Kier alpha value is -2.36. The van der Waals surface area contributed by atoms with E-state index < -0.39 is 0 Å². The zero-order valence-electron chi connectivity index (χ0n) is 12.3. The van der Waals surface area contributed by atoms with Crippen molar-refractivity contribution < 1.29 is 9.53 Å². The van der Waals surface area contributed by atoms with E-state index in [2.05, 4.69) is 9.88 Å². The number of aromatic nitrogens is 1. The van der Waals surface area contributed by atoms with Crippen LogP contribution in [0.5, 0.6) is 5.88 Å². The molecule has 21 heavy (non-hydrogen) atoms. The predicted molar refractivity (Wildman–Crippen MR) is 82.0 cm³/mol. The van der Waals surface area contributed by atoms with Gasteiger partial charge in [0.1, 0.15) is 0 Å². The Kier molecular flexibility index (Phi) is 3.60. The molecule has 0 amide bonds. The second-order valence-electron chi connectivity index (χ2n) is 5.24. The highest BCUT2D eigenvalue weighted by Gasteiger charge is 2.20. The van der Waals surface area contributed by atoms with Crippen molar-refractivity contribution in [2.75, 3.05) is 18.6 Å². The molecule has 0 aliphatic carbocycles. The van der Waals surface area contributed by atoms with Gasteiger partial charge in [-0.15, -0.1) is 0 Å². The van der Waals surface area contributed by atoms with Crippen LogP contribution >= 0.6 is 0 Å². The van der Waals surface area contributed by atoms with E-state index >= 15 is 0 Å². The van der Waals surface area contributed by atoms with Crippen molar-refractivity contribution in [2.24, 2.45) is 0 Å². The van der Waals surface area contributed by atoms with E-state index in [1.165, 1.54) is 11.3 Å². The van der Waals surface area contributed by atoms with E-state index in [4.69, 9.17) is 4.74 Å². The fourth-order valence-electron chi connectivity index (χ4n) is 2.71.